The molecule has 0 aliphatic carbocycles. The average Bonchev–Trinajstić information content (AvgIpc) is 3.24. The summed E-state index contributed by atoms with van der Waals surface area (Å²) < 4.78 is 1.80. The maximum Gasteiger partial charge on any atom is 0.234 e. The van der Waals surface area contributed by atoms with Gasteiger partial charge in [-0.15, -0.1) is 10.2 Å². The number of amides is 1. The minimum atomic E-state index is -0.239. The van der Waals surface area contributed by atoms with Crippen molar-refractivity contribution in [2.24, 2.45) is 0 Å². The van der Waals surface area contributed by atoms with Crippen molar-refractivity contribution in [2.45, 2.75) is 5.16 Å². The molecule has 7 nitrogen and oxygen atoms in total. The molecule has 2 aromatic heterocycles. The molecule has 10 heteroatoms. The number of thioether (sulfide) groups is 1. The molecule has 0 spiro atoms. The Kier molecular flexibility index (Phi) is 6.71. The number of carbonyl (C=O) groups is 1. The van der Waals surface area contributed by atoms with Crippen molar-refractivity contribution >= 4 is 46.6 Å². The van der Waals surface area contributed by atoms with Gasteiger partial charge in [0.2, 0.25) is 5.91 Å². The second kappa shape index (κ2) is 9.83. The molecule has 2 heterocycles. The molecule has 0 aliphatic rings. The van der Waals surface area contributed by atoms with Crippen LogP contribution < -0.4 is 5.32 Å². The number of pyridine rings is 1. The molecule has 1 N–H and O–H groups in total. The van der Waals surface area contributed by atoms with E-state index < -0.39 is 0 Å². The van der Waals surface area contributed by atoms with E-state index in [1.165, 1.54) is 11.8 Å². The van der Waals surface area contributed by atoms with Crippen LogP contribution in [0.25, 0.3) is 17.1 Å². The zero-order valence-electron chi connectivity index (χ0n) is 16.4. The summed E-state index contributed by atoms with van der Waals surface area (Å²) in [6, 6.07) is 17.6. The van der Waals surface area contributed by atoms with Gasteiger partial charge in [0.15, 0.2) is 11.0 Å². The minimum absolute atomic E-state index is 0.0866. The van der Waals surface area contributed by atoms with Gasteiger partial charge in [0, 0.05) is 23.6 Å². The van der Waals surface area contributed by atoms with Crippen LogP contribution in [-0.4, -0.2) is 31.4 Å². The summed E-state index contributed by atoms with van der Waals surface area (Å²) in [6.45, 7) is 0. The Balaban J connectivity index is 1.61. The first-order valence-electron chi connectivity index (χ1n) is 9.29. The number of rotatable bonds is 6. The Bertz CT molecular complexity index is 1320. The second-order valence-electron chi connectivity index (χ2n) is 6.51. The number of benzene rings is 2. The van der Waals surface area contributed by atoms with Crippen molar-refractivity contribution in [1.82, 2.24) is 19.7 Å². The highest BCUT2D eigenvalue weighted by Gasteiger charge is 2.18. The first-order chi connectivity index (χ1) is 15.5. The summed E-state index contributed by atoms with van der Waals surface area (Å²) in [6.07, 6.45) is 3.35. The zero-order valence-corrected chi connectivity index (χ0v) is 18.7. The zero-order chi connectivity index (χ0) is 22.5. The number of aromatic nitrogens is 4. The molecule has 32 heavy (non-hydrogen) atoms. The van der Waals surface area contributed by atoms with Crippen LogP contribution in [0.5, 0.6) is 0 Å². The van der Waals surface area contributed by atoms with Crippen LogP contribution in [0, 0.1) is 11.3 Å². The molecule has 4 aromatic rings. The fourth-order valence-electron chi connectivity index (χ4n) is 2.90. The van der Waals surface area contributed by atoms with Gasteiger partial charge in [-0.25, -0.2) is 0 Å². The van der Waals surface area contributed by atoms with E-state index >= 15 is 0 Å². The summed E-state index contributed by atoms with van der Waals surface area (Å²) in [5.74, 6) is 0.404. The van der Waals surface area contributed by atoms with Crippen molar-refractivity contribution in [2.75, 3.05) is 11.1 Å². The number of carbonyl (C=O) groups excluding carboxylic acids is 1. The number of halogens is 2. The van der Waals surface area contributed by atoms with Crippen LogP contribution in [0.2, 0.25) is 10.0 Å². The molecule has 4 rings (SSSR count). The fourth-order valence-corrected chi connectivity index (χ4v) is 3.94. The Labute approximate surface area is 198 Å². The van der Waals surface area contributed by atoms with Gasteiger partial charge >= 0.3 is 0 Å². The largest absolute Gasteiger partial charge is 0.325 e. The molecule has 1 amide bonds. The Hall–Kier alpha value is -3.38. The molecular weight excluding hydrogens is 467 g/mol. The molecule has 0 radical (unpaired) electrons. The van der Waals surface area contributed by atoms with Gasteiger partial charge < -0.3 is 5.32 Å². The van der Waals surface area contributed by atoms with Gasteiger partial charge in [-0.2, -0.15) is 5.26 Å². The van der Waals surface area contributed by atoms with Crippen LogP contribution in [0.1, 0.15) is 5.56 Å². The van der Waals surface area contributed by atoms with E-state index in [9.17, 15) is 4.79 Å². The van der Waals surface area contributed by atoms with Crippen molar-refractivity contribution < 1.29 is 4.79 Å². The Morgan fingerprint density at radius 2 is 1.97 bits per heavy atom. The molecule has 0 atom stereocenters. The van der Waals surface area contributed by atoms with Crippen LogP contribution in [0.3, 0.4) is 0 Å². The highest BCUT2D eigenvalue weighted by atomic mass is 35.5. The number of nitrogens with one attached hydrogen (secondary N) is 1. The normalized spacial score (nSPS) is 10.5. The lowest BCUT2D eigenvalue weighted by Gasteiger charge is -2.11. The molecule has 0 unspecified atom stereocenters. The summed E-state index contributed by atoms with van der Waals surface area (Å²) in [4.78, 5) is 16.6. The lowest BCUT2D eigenvalue weighted by atomic mass is 10.2. The SMILES string of the molecule is N#Cc1cccc(NC(=O)CSc2nnc(-c3cccnc3)n2-c2ccc(Cl)c(Cl)c2)c1. The third kappa shape index (κ3) is 4.92. The topological polar surface area (TPSA) is 96.5 Å². The molecule has 0 saturated carbocycles. The molecule has 0 aliphatic heterocycles. The minimum Gasteiger partial charge on any atom is -0.325 e. The first-order valence-corrected chi connectivity index (χ1v) is 11.0. The van der Waals surface area contributed by atoms with Crippen LogP contribution in [0.15, 0.2) is 72.1 Å². The van der Waals surface area contributed by atoms with Crippen molar-refractivity contribution in [1.29, 1.82) is 5.26 Å². The highest BCUT2D eigenvalue weighted by Crippen LogP contribution is 2.31. The monoisotopic (exact) mass is 480 g/mol. The summed E-state index contributed by atoms with van der Waals surface area (Å²) in [5.41, 5.74) is 2.48. The molecule has 0 bridgehead atoms. The van der Waals surface area contributed by atoms with Gasteiger partial charge in [-0.1, -0.05) is 41.0 Å². The molecule has 2 aromatic carbocycles. The van der Waals surface area contributed by atoms with Gasteiger partial charge in [0.05, 0.1) is 33.1 Å². The van der Waals surface area contributed by atoms with E-state index in [0.717, 1.165) is 5.56 Å². The van der Waals surface area contributed by atoms with E-state index in [1.807, 2.05) is 12.1 Å². The van der Waals surface area contributed by atoms with Crippen LogP contribution in [-0.2, 0) is 4.79 Å². The van der Waals surface area contributed by atoms with Crippen molar-refractivity contribution in [3.05, 3.63) is 82.6 Å². The lowest BCUT2D eigenvalue weighted by Crippen LogP contribution is -2.14. The lowest BCUT2D eigenvalue weighted by molar-refractivity contribution is -0.113. The van der Waals surface area contributed by atoms with E-state index in [1.54, 1.807) is 65.5 Å². The summed E-state index contributed by atoms with van der Waals surface area (Å²) in [5, 5.41) is 21.7. The van der Waals surface area contributed by atoms with E-state index in [4.69, 9.17) is 28.5 Å². The molecular formula is C22H14Cl2N6OS. The first kappa shape index (κ1) is 21.8. The third-order valence-electron chi connectivity index (χ3n) is 4.32. The predicted molar refractivity (Wildman–Crippen MR) is 125 cm³/mol. The van der Waals surface area contributed by atoms with E-state index in [-0.39, 0.29) is 11.7 Å². The molecule has 0 saturated heterocycles. The average molecular weight is 481 g/mol. The molecule has 0 fully saturated rings. The second-order valence-corrected chi connectivity index (χ2v) is 8.27. The number of hydrogen-bond acceptors (Lipinski definition) is 6. The molecule has 158 valence electrons. The maximum absolute atomic E-state index is 12.5. The summed E-state index contributed by atoms with van der Waals surface area (Å²) in [7, 11) is 0. The van der Waals surface area contributed by atoms with Crippen molar-refractivity contribution in [3.63, 3.8) is 0 Å². The Morgan fingerprint density at radius 3 is 2.72 bits per heavy atom. The fraction of sp³-hybridized carbons (Fsp3) is 0.0455. The van der Waals surface area contributed by atoms with Gasteiger partial charge in [0.25, 0.3) is 0 Å². The standard InChI is InChI=1S/C22H14Cl2N6OS/c23-18-7-6-17(10-19(18)24)30-21(15-4-2-8-26-12-15)28-29-22(30)32-13-20(31)27-16-5-1-3-14(9-16)11-25/h1-10,12H,13H2,(H,27,31). The predicted octanol–water partition coefficient (Wildman–Crippen LogP) is 5.24. The van der Waals surface area contributed by atoms with Crippen LogP contribution in [0.4, 0.5) is 5.69 Å². The maximum atomic E-state index is 12.5. The number of anilines is 1. The van der Waals surface area contributed by atoms with Gasteiger partial charge in [-0.3, -0.25) is 14.3 Å². The third-order valence-corrected chi connectivity index (χ3v) is 5.99. The van der Waals surface area contributed by atoms with Crippen LogP contribution >= 0.6 is 35.0 Å². The van der Waals surface area contributed by atoms with E-state index in [0.29, 0.717) is 38.0 Å². The number of nitrogens with zero attached hydrogens (tertiary/aromatic N) is 5. The van der Waals surface area contributed by atoms with Gasteiger partial charge in [-0.05, 0) is 48.5 Å². The van der Waals surface area contributed by atoms with E-state index in [2.05, 4.69) is 20.5 Å². The number of nitriles is 1. The smallest absolute Gasteiger partial charge is 0.234 e. The Morgan fingerprint density at radius 1 is 1.09 bits per heavy atom. The number of hydrogen-bond donors (Lipinski definition) is 1. The highest BCUT2D eigenvalue weighted by molar-refractivity contribution is 7.99. The quantitative estimate of drug-likeness (QED) is 0.379. The summed E-state index contributed by atoms with van der Waals surface area (Å²) >= 11 is 13.5. The van der Waals surface area contributed by atoms with Crippen molar-refractivity contribution in [3.8, 4) is 23.1 Å². The van der Waals surface area contributed by atoms with Gasteiger partial charge in [0.1, 0.15) is 0 Å².